The molecule has 2 amide bonds. The molecule has 1 aliphatic rings. The molecule has 0 aromatic heterocycles. The topological polar surface area (TPSA) is 49.4 Å². The van der Waals surface area contributed by atoms with Crippen molar-refractivity contribution in [1.82, 2.24) is 10.2 Å². The van der Waals surface area contributed by atoms with Crippen LogP contribution in [-0.4, -0.2) is 35.3 Å². The Morgan fingerprint density at radius 3 is 2.53 bits per heavy atom. The third kappa shape index (κ3) is 2.49. The van der Waals surface area contributed by atoms with Gasteiger partial charge in [0.2, 0.25) is 11.8 Å². The molecule has 4 nitrogen and oxygen atoms in total. The highest BCUT2D eigenvalue weighted by molar-refractivity contribution is 5.97. The van der Waals surface area contributed by atoms with Crippen LogP contribution in [0.3, 0.4) is 0 Å². The van der Waals surface area contributed by atoms with Crippen molar-refractivity contribution >= 4 is 11.8 Å². The Labute approximate surface area is 91.0 Å². The summed E-state index contributed by atoms with van der Waals surface area (Å²) in [6.07, 6.45) is 0.933. The molecule has 0 atom stereocenters. The number of hydrogen-bond donors (Lipinski definition) is 1. The van der Waals surface area contributed by atoms with E-state index in [0.29, 0.717) is 12.5 Å². The maximum atomic E-state index is 11.7. The van der Waals surface area contributed by atoms with Gasteiger partial charge in [-0.15, -0.1) is 0 Å². The van der Waals surface area contributed by atoms with Crippen LogP contribution in [-0.2, 0) is 9.59 Å². The molecule has 15 heavy (non-hydrogen) atoms. The monoisotopic (exact) mass is 212 g/mol. The summed E-state index contributed by atoms with van der Waals surface area (Å²) in [5, 5.41) is 2.61. The second kappa shape index (κ2) is 4.21. The molecular weight excluding hydrogens is 192 g/mol. The highest BCUT2D eigenvalue weighted by Crippen LogP contribution is 2.19. The largest absolute Gasteiger partial charge is 0.345 e. The van der Waals surface area contributed by atoms with Crippen molar-refractivity contribution in [2.75, 3.05) is 13.1 Å². The number of nitrogens with zero attached hydrogens (tertiary/aromatic N) is 1. The molecular formula is C11H20N2O2. The van der Waals surface area contributed by atoms with Gasteiger partial charge < -0.3 is 10.2 Å². The second-order valence-electron chi connectivity index (χ2n) is 4.97. The van der Waals surface area contributed by atoms with Gasteiger partial charge in [0.05, 0.1) is 6.54 Å². The lowest BCUT2D eigenvalue weighted by Gasteiger charge is -2.41. The zero-order valence-electron chi connectivity index (χ0n) is 9.96. The molecule has 86 valence electrons. The molecule has 1 saturated heterocycles. The normalized spacial score (nSPS) is 20.7. The minimum atomic E-state index is -0.704. The Hall–Kier alpha value is -1.06. The van der Waals surface area contributed by atoms with Gasteiger partial charge in [-0.3, -0.25) is 9.59 Å². The summed E-state index contributed by atoms with van der Waals surface area (Å²) in [5.41, 5.74) is -0.704. The van der Waals surface area contributed by atoms with Crippen molar-refractivity contribution in [1.29, 1.82) is 0 Å². The van der Waals surface area contributed by atoms with Crippen LogP contribution in [0.1, 0.15) is 34.1 Å². The summed E-state index contributed by atoms with van der Waals surface area (Å²) >= 11 is 0. The first-order valence-corrected chi connectivity index (χ1v) is 5.44. The van der Waals surface area contributed by atoms with E-state index in [1.54, 1.807) is 18.7 Å². The summed E-state index contributed by atoms with van der Waals surface area (Å²) in [6, 6.07) is 0. The molecule has 1 rings (SSSR count). The molecule has 1 aliphatic heterocycles. The maximum absolute atomic E-state index is 11.7. The molecule has 1 heterocycles. The number of hydrogen-bond acceptors (Lipinski definition) is 2. The zero-order chi connectivity index (χ0) is 11.6. The third-order valence-corrected chi connectivity index (χ3v) is 2.86. The van der Waals surface area contributed by atoms with Gasteiger partial charge in [-0.05, 0) is 26.2 Å². The molecule has 0 saturated carbocycles. The van der Waals surface area contributed by atoms with Gasteiger partial charge in [0.1, 0.15) is 5.54 Å². The number of amides is 2. The van der Waals surface area contributed by atoms with Crippen molar-refractivity contribution < 1.29 is 9.59 Å². The highest BCUT2D eigenvalue weighted by atomic mass is 16.2. The molecule has 1 fully saturated rings. The van der Waals surface area contributed by atoms with Crippen LogP contribution in [0.2, 0.25) is 0 Å². The Morgan fingerprint density at radius 1 is 1.40 bits per heavy atom. The van der Waals surface area contributed by atoms with E-state index in [2.05, 4.69) is 19.2 Å². The summed E-state index contributed by atoms with van der Waals surface area (Å²) in [4.78, 5) is 25.0. The fourth-order valence-corrected chi connectivity index (χ4v) is 1.69. The van der Waals surface area contributed by atoms with Gasteiger partial charge in [0.25, 0.3) is 0 Å². The fourth-order valence-electron chi connectivity index (χ4n) is 1.69. The zero-order valence-corrected chi connectivity index (χ0v) is 9.96. The summed E-state index contributed by atoms with van der Waals surface area (Å²) in [7, 11) is 0. The lowest BCUT2D eigenvalue weighted by molar-refractivity contribution is -0.151. The number of carbonyl (C=O) groups excluding carboxylic acids is 2. The average molecular weight is 212 g/mol. The predicted octanol–water partition coefficient (Wildman–Crippen LogP) is 0.769. The molecule has 0 aromatic rings. The van der Waals surface area contributed by atoms with E-state index in [9.17, 15) is 9.59 Å². The molecule has 0 unspecified atom stereocenters. The second-order valence-corrected chi connectivity index (χ2v) is 4.97. The minimum absolute atomic E-state index is 0.0141. The van der Waals surface area contributed by atoms with Crippen LogP contribution < -0.4 is 5.32 Å². The molecule has 4 heteroatoms. The van der Waals surface area contributed by atoms with E-state index < -0.39 is 5.54 Å². The molecule has 0 aliphatic carbocycles. The fraction of sp³-hybridized carbons (Fsp3) is 0.818. The van der Waals surface area contributed by atoms with Crippen LogP contribution >= 0.6 is 0 Å². The first-order valence-electron chi connectivity index (χ1n) is 5.44. The number of carbonyl (C=O) groups is 2. The Bertz CT molecular complexity index is 272. The van der Waals surface area contributed by atoms with Crippen LogP contribution in [0.15, 0.2) is 0 Å². The van der Waals surface area contributed by atoms with Crippen LogP contribution in [0, 0.1) is 5.92 Å². The van der Waals surface area contributed by atoms with Gasteiger partial charge in [-0.2, -0.15) is 0 Å². The number of nitrogens with one attached hydrogen (secondary N) is 1. The van der Waals surface area contributed by atoms with Crippen molar-refractivity contribution in [3.63, 3.8) is 0 Å². The lowest BCUT2D eigenvalue weighted by Crippen LogP contribution is -2.64. The summed E-state index contributed by atoms with van der Waals surface area (Å²) in [5.74, 6) is 0.490. The van der Waals surface area contributed by atoms with E-state index >= 15 is 0 Å². The Morgan fingerprint density at radius 2 is 2.00 bits per heavy atom. The first-order chi connectivity index (χ1) is 6.85. The molecule has 0 radical (unpaired) electrons. The average Bonchev–Trinajstić information content (AvgIpc) is 2.11. The number of piperazine rings is 1. The quantitative estimate of drug-likeness (QED) is 0.751. The van der Waals surface area contributed by atoms with E-state index in [-0.39, 0.29) is 18.4 Å². The van der Waals surface area contributed by atoms with Gasteiger partial charge in [0.15, 0.2) is 0 Å². The molecule has 0 bridgehead atoms. The Kier molecular flexibility index (Phi) is 3.37. The maximum Gasteiger partial charge on any atom is 0.245 e. The van der Waals surface area contributed by atoms with E-state index in [1.807, 2.05) is 0 Å². The summed E-state index contributed by atoms with van der Waals surface area (Å²) in [6.45, 7) is 8.61. The minimum Gasteiger partial charge on any atom is -0.345 e. The van der Waals surface area contributed by atoms with E-state index in [1.165, 1.54) is 0 Å². The van der Waals surface area contributed by atoms with Crippen molar-refractivity contribution in [3.05, 3.63) is 0 Å². The van der Waals surface area contributed by atoms with Gasteiger partial charge >= 0.3 is 0 Å². The highest BCUT2D eigenvalue weighted by Gasteiger charge is 2.41. The van der Waals surface area contributed by atoms with Gasteiger partial charge in [-0.25, -0.2) is 0 Å². The smallest absolute Gasteiger partial charge is 0.245 e. The van der Waals surface area contributed by atoms with E-state index in [0.717, 1.165) is 6.42 Å². The molecule has 0 spiro atoms. The van der Waals surface area contributed by atoms with Crippen LogP contribution in [0.4, 0.5) is 0 Å². The number of rotatable bonds is 3. The van der Waals surface area contributed by atoms with Crippen molar-refractivity contribution in [2.45, 2.75) is 39.7 Å². The molecule has 1 N–H and O–H groups in total. The first kappa shape index (κ1) is 12.0. The van der Waals surface area contributed by atoms with Gasteiger partial charge in [0, 0.05) is 6.54 Å². The van der Waals surface area contributed by atoms with Crippen LogP contribution in [0.5, 0.6) is 0 Å². The van der Waals surface area contributed by atoms with Gasteiger partial charge in [-0.1, -0.05) is 13.8 Å². The third-order valence-electron chi connectivity index (χ3n) is 2.86. The standard InChI is InChI=1S/C11H20N2O2/c1-8(2)5-6-13-9(14)7-12-10(15)11(13,3)4/h8H,5-7H2,1-4H3,(H,12,15). The SMILES string of the molecule is CC(C)CCN1C(=O)CNC(=O)C1(C)C. The van der Waals surface area contributed by atoms with Crippen molar-refractivity contribution in [2.24, 2.45) is 5.92 Å². The van der Waals surface area contributed by atoms with Crippen LogP contribution in [0.25, 0.3) is 0 Å². The lowest BCUT2D eigenvalue weighted by atomic mass is 9.97. The predicted molar refractivity (Wildman–Crippen MR) is 58.3 cm³/mol. The Balaban J connectivity index is 2.72. The summed E-state index contributed by atoms with van der Waals surface area (Å²) < 4.78 is 0. The molecule has 0 aromatic carbocycles. The van der Waals surface area contributed by atoms with E-state index in [4.69, 9.17) is 0 Å². The van der Waals surface area contributed by atoms with Crippen molar-refractivity contribution in [3.8, 4) is 0 Å².